The monoisotopic (exact) mass is 191 g/mol. The van der Waals surface area contributed by atoms with Gasteiger partial charge in [0.05, 0.1) is 6.61 Å². The highest BCUT2D eigenvalue weighted by Crippen LogP contribution is 2.15. The van der Waals surface area contributed by atoms with Crippen molar-refractivity contribution in [3.8, 4) is 0 Å². The third kappa shape index (κ3) is 3.23. The summed E-state index contributed by atoms with van der Waals surface area (Å²) in [6.07, 6.45) is 2.80. The van der Waals surface area contributed by atoms with Crippen LogP contribution in [-0.4, -0.2) is 20.3 Å². The van der Waals surface area contributed by atoms with Crippen LogP contribution in [0.15, 0.2) is 36.9 Å². The van der Waals surface area contributed by atoms with Gasteiger partial charge in [-0.3, -0.25) is 0 Å². The number of hydrogen-bond acceptors (Lipinski definition) is 2. The third-order valence-corrected chi connectivity index (χ3v) is 2.03. The van der Waals surface area contributed by atoms with Crippen LogP contribution in [0, 0.1) is 0 Å². The first-order chi connectivity index (χ1) is 6.88. The number of ether oxygens (including phenoxy) is 1. The average Bonchev–Trinajstić information content (AvgIpc) is 2.24. The molecule has 0 aliphatic heterocycles. The molecule has 0 heterocycles. The highest BCUT2D eigenvalue weighted by molar-refractivity contribution is 5.51. The predicted octanol–water partition coefficient (Wildman–Crippen LogP) is 2.47. The molecule has 0 aliphatic carbocycles. The van der Waals surface area contributed by atoms with Gasteiger partial charge in [-0.05, 0) is 18.1 Å². The molecular formula is C12H17NO. The fourth-order valence-electron chi connectivity index (χ4n) is 1.30. The maximum absolute atomic E-state index is 5.06. The van der Waals surface area contributed by atoms with Gasteiger partial charge in [-0.15, -0.1) is 6.58 Å². The molecule has 2 heteroatoms. The number of rotatable bonds is 6. The van der Waals surface area contributed by atoms with Gasteiger partial charge < -0.3 is 10.1 Å². The quantitative estimate of drug-likeness (QED) is 0.697. The lowest BCUT2D eigenvalue weighted by molar-refractivity contribution is 0.202. The smallest absolute Gasteiger partial charge is 0.0503 e. The molecule has 14 heavy (non-hydrogen) atoms. The van der Waals surface area contributed by atoms with Crippen molar-refractivity contribution in [2.45, 2.75) is 6.42 Å². The van der Waals surface area contributed by atoms with Crippen molar-refractivity contribution in [1.29, 1.82) is 0 Å². The fourth-order valence-corrected chi connectivity index (χ4v) is 1.30. The van der Waals surface area contributed by atoms with Crippen LogP contribution in [0.1, 0.15) is 5.56 Å². The van der Waals surface area contributed by atoms with E-state index in [4.69, 9.17) is 4.74 Å². The van der Waals surface area contributed by atoms with Crippen LogP contribution in [0.4, 0.5) is 5.69 Å². The second-order valence-corrected chi connectivity index (χ2v) is 3.07. The first-order valence-electron chi connectivity index (χ1n) is 4.80. The Kier molecular flexibility index (Phi) is 4.79. The van der Waals surface area contributed by atoms with Crippen molar-refractivity contribution in [1.82, 2.24) is 0 Å². The number of hydrogen-bond donors (Lipinski definition) is 1. The number of methoxy groups -OCH3 is 1. The number of nitrogens with one attached hydrogen (secondary N) is 1. The molecule has 1 N–H and O–H groups in total. The van der Waals surface area contributed by atoms with E-state index in [0.29, 0.717) is 0 Å². The van der Waals surface area contributed by atoms with Gasteiger partial charge in [-0.25, -0.2) is 0 Å². The van der Waals surface area contributed by atoms with Crippen molar-refractivity contribution in [3.05, 3.63) is 42.5 Å². The molecule has 0 saturated carbocycles. The zero-order valence-electron chi connectivity index (χ0n) is 8.62. The molecule has 0 spiro atoms. The Bertz CT molecular complexity index is 283. The molecule has 0 atom stereocenters. The predicted molar refractivity (Wildman–Crippen MR) is 60.7 cm³/mol. The van der Waals surface area contributed by atoms with E-state index in [0.717, 1.165) is 19.6 Å². The second-order valence-electron chi connectivity index (χ2n) is 3.07. The molecule has 0 amide bonds. The van der Waals surface area contributed by atoms with Crippen LogP contribution in [0.5, 0.6) is 0 Å². The van der Waals surface area contributed by atoms with Gasteiger partial charge in [0.1, 0.15) is 0 Å². The summed E-state index contributed by atoms with van der Waals surface area (Å²) >= 11 is 0. The average molecular weight is 191 g/mol. The molecule has 2 nitrogen and oxygen atoms in total. The van der Waals surface area contributed by atoms with E-state index in [1.165, 1.54) is 11.3 Å². The summed E-state index contributed by atoms with van der Waals surface area (Å²) in [5.41, 5.74) is 2.46. The molecule has 0 aliphatic rings. The molecule has 0 fully saturated rings. The van der Waals surface area contributed by atoms with Crippen molar-refractivity contribution >= 4 is 5.69 Å². The van der Waals surface area contributed by atoms with Gasteiger partial charge in [0.25, 0.3) is 0 Å². The Labute approximate surface area is 85.6 Å². The maximum Gasteiger partial charge on any atom is 0.0503 e. The Balaban J connectivity index is 2.64. The lowest BCUT2D eigenvalue weighted by Gasteiger charge is -2.09. The summed E-state index contributed by atoms with van der Waals surface area (Å²) < 4.78 is 5.06. The molecular weight excluding hydrogens is 174 g/mol. The molecule has 0 bridgehead atoms. The molecule has 1 rings (SSSR count). The van der Waals surface area contributed by atoms with Gasteiger partial charge in [0.15, 0.2) is 0 Å². The highest BCUT2D eigenvalue weighted by atomic mass is 16.5. The summed E-state index contributed by atoms with van der Waals surface area (Å²) in [6, 6.07) is 8.27. The third-order valence-electron chi connectivity index (χ3n) is 2.03. The summed E-state index contributed by atoms with van der Waals surface area (Å²) in [4.78, 5) is 0. The highest BCUT2D eigenvalue weighted by Gasteiger charge is 1.99. The minimum atomic E-state index is 0.757. The zero-order valence-corrected chi connectivity index (χ0v) is 8.62. The van der Waals surface area contributed by atoms with Gasteiger partial charge in [0, 0.05) is 19.3 Å². The Morgan fingerprint density at radius 2 is 2.21 bits per heavy atom. The summed E-state index contributed by atoms with van der Waals surface area (Å²) in [6.45, 7) is 5.23. The van der Waals surface area contributed by atoms with Crippen LogP contribution < -0.4 is 5.32 Å². The molecule has 1 aromatic rings. The fraction of sp³-hybridized carbons (Fsp3) is 0.333. The first-order valence-corrected chi connectivity index (χ1v) is 4.80. The number of para-hydroxylation sites is 1. The van der Waals surface area contributed by atoms with Crippen LogP contribution >= 0.6 is 0 Å². The molecule has 0 unspecified atom stereocenters. The molecule has 0 saturated heterocycles. The Morgan fingerprint density at radius 1 is 1.43 bits per heavy atom. The normalized spacial score (nSPS) is 9.79. The molecule has 0 aromatic heterocycles. The standard InChI is InChI=1S/C12H17NO/c1-3-9-13-12-7-5-4-6-11(12)8-10-14-2/h3-7,13H,1,8-10H2,2H3. The Hall–Kier alpha value is -1.28. The van der Waals surface area contributed by atoms with E-state index in [1.54, 1.807) is 7.11 Å². The van der Waals surface area contributed by atoms with Crippen molar-refractivity contribution < 1.29 is 4.74 Å². The minimum Gasteiger partial charge on any atom is -0.384 e. The minimum absolute atomic E-state index is 0.757. The van der Waals surface area contributed by atoms with Crippen LogP contribution in [0.3, 0.4) is 0 Å². The summed E-state index contributed by atoms with van der Waals surface area (Å²) in [7, 11) is 1.72. The van der Waals surface area contributed by atoms with Gasteiger partial charge in [0.2, 0.25) is 0 Å². The van der Waals surface area contributed by atoms with E-state index in [9.17, 15) is 0 Å². The maximum atomic E-state index is 5.06. The van der Waals surface area contributed by atoms with Crippen molar-refractivity contribution in [2.24, 2.45) is 0 Å². The first kappa shape index (κ1) is 10.8. The van der Waals surface area contributed by atoms with E-state index < -0.39 is 0 Å². The number of benzene rings is 1. The molecule has 0 radical (unpaired) electrons. The van der Waals surface area contributed by atoms with E-state index in [2.05, 4.69) is 24.0 Å². The topological polar surface area (TPSA) is 21.3 Å². The largest absolute Gasteiger partial charge is 0.384 e. The van der Waals surface area contributed by atoms with E-state index >= 15 is 0 Å². The zero-order chi connectivity index (χ0) is 10.2. The van der Waals surface area contributed by atoms with Gasteiger partial charge in [-0.2, -0.15) is 0 Å². The SMILES string of the molecule is C=CCNc1ccccc1CCOC. The summed E-state index contributed by atoms with van der Waals surface area (Å²) in [5.74, 6) is 0. The van der Waals surface area contributed by atoms with Gasteiger partial charge in [-0.1, -0.05) is 24.3 Å². The molecule has 1 aromatic carbocycles. The van der Waals surface area contributed by atoms with E-state index in [-0.39, 0.29) is 0 Å². The molecule has 76 valence electrons. The summed E-state index contributed by atoms with van der Waals surface area (Å²) in [5, 5.41) is 3.30. The van der Waals surface area contributed by atoms with Crippen molar-refractivity contribution in [3.63, 3.8) is 0 Å². The Morgan fingerprint density at radius 3 is 2.93 bits per heavy atom. The van der Waals surface area contributed by atoms with Crippen LogP contribution in [-0.2, 0) is 11.2 Å². The van der Waals surface area contributed by atoms with Crippen LogP contribution in [0.25, 0.3) is 0 Å². The van der Waals surface area contributed by atoms with E-state index in [1.807, 2.05) is 18.2 Å². The lowest BCUT2D eigenvalue weighted by Crippen LogP contribution is -2.03. The number of anilines is 1. The second kappa shape index (κ2) is 6.22. The van der Waals surface area contributed by atoms with Crippen LogP contribution in [0.2, 0.25) is 0 Å². The van der Waals surface area contributed by atoms with Crippen molar-refractivity contribution in [2.75, 3.05) is 25.6 Å². The lowest BCUT2D eigenvalue weighted by atomic mass is 10.1. The van der Waals surface area contributed by atoms with Gasteiger partial charge >= 0.3 is 0 Å².